The molecule has 0 amide bonds. The van der Waals surface area contributed by atoms with E-state index in [1.807, 2.05) is 0 Å². The van der Waals surface area contributed by atoms with Crippen LogP contribution in [0.4, 0.5) is 0 Å². The molecule has 8 aliphatic rings. The molecule has 0 aromatic heterocycles. The summed E-state index contributed by atoms with van der Waals surface area (Å²) in [4.78, 5) is 34.7. The van der Waals surface area contributed by atoms with E-state index >= 15 is 9.59 Å². The van der Waals surface area contributed by atoms with Crippen LogP contribution in [0.15, 0.2) is 243 Å². The zero-order chi connectivity index (χ0) is 51.9. The topological polar surface area (TPSA) is 52.6 Å². The Hall–Kier alpha value is -8.28. The summed E-state index contributed by atoms with van der Waals surface area (Å²) in [7, 11) is 0. The van der Waals surface area contributed by atoms with Gasteiger partial charge in [-0.05, 0) is 114 Å². The zero-order valence-electron chi connectivity index (χ0n) is 43.3. The molecule has 4 nitrogen and oxygen atoms in total. The second kappa shape index (κ2) is 15.7. The van der Waals surface area contributed by atoms with Crippen molar-refractivity contribution < 1.29 is 19.1 Å². The SMILES string of the molecule is Cc1c(C)c2c(c3c1[C@@H]1O[C@H]3C3C1[C@]1(c4ccccc4)C(=O)[C@@]3(c3ccccc3)C(c3ccccc3)=C1c1ccccc1)[C@H]1O[C@@H]2C2C1[C@@]1(c3ccccc3)C(=O)[C@]2(c2ccccc2)C(c2ccccc2)=C1c1ccccc1. The van der Waals surface area contributed by atoms with Crippen LogP contribution in [0.3, 0.4) is 0 Å². The maximum absolute atomic E-state index is 17.4. The van der Waals surface area contributed by atoms with Gasteiger partial charge in [-0.3, -0.25) is 9.59 Å². The molecule has 8 bridgehead atoms. The van der Waals surface area contributed by atoms with Gasteiger partial charge in [0, 0.05) is 23.7 Å². The number of carbonyl (C=O) groups is 2. The highest BCUT2D eigenvalue weighted by molar-refractivity contribution is 6.31. The molecule has 78 heavy (non-hydrogen) atoms. The van der Waals surface area contributed by atoms with Crippen molar-refractivity contribution in [3.8, 4) is 0 Å². The highest BCUT2D eigenvalue weighted by atomic mass is 16.5. The second-order valence-electron chi connectivity index (χ2n) is 23.3. The molecule has 0 N–H and O–H groups in total. The molecule has 2 saturated heterocycles. The average molecular weight is 1010 g/mol. The van der Waals surface area contributed by atoms with Crippen molar-refractivity contribution in [2.75, 3.05) is 0 Å². The summed E-state index contributed by atoms with van der Waals surface area (Å²) in [6, 6.07) is 85.7. The first-order valence-corrected chi connectivity index (χ1v) is 27.9. The van der Waals surface area contributed by atoms with Crippen LogP contribution in [-0.4, -0.2) is 11.6 Å². The molecule has 12 atom stereocenters. The third kappa shape index (κ3) is 4.91. The van der Waals surface area contributed by atoms with Crippen molar-refractivity contribution in [2.24, 2.45) is 23.7 Å². The summed E-state index contributed by atoms with van der Waals surface area (Å²) < 4.78 is 15.8. The number of ketones is 2. The Kier molecular flexibility index (Phi) is 9.01. The van der Waals surface area contributed by atoms with Crippen molar-refractivity contribution >= 4 is 33.9 Å². The molecule has 4 heteroatoms. The number of hydrogen-bond acceptors (Lipinski definition) is 4. The predicted octanol–water partition coefficient (Wildman–Crippen LogP) is 15.2. The van der Waals surface area contributed by atoms with Crippen LogP contribution in [0.2, 0.25) is 0 Å². The summed E-state index contributed by atoms with van der Waals surface area (Å²) >= 11 is 0. The van der Waals surface area contributed by atoms with Gasteiger partial charge in [0.1, 0.15) is 0 Å². The minimum atomic E-state index is -1.10. The lowest BCUT2D eigenvalue weighted by Crippen LogP contribution is -2.45. The molecule has 4 heterocycles. The highest BCUT2D eigenvalue weighted by Crippen LogP contribution is 2.85. The maximum Gasteiger partial charge on any atom is 0.163 e. The number of ether oxygens (including phenoxy) is 2. The molecule has 4 aliphatic carbocycles. The largest absolute Gasteiger partial charge is 0.365 e. The smallest absolute Gasteiger partial charge is 0.163 e. The monoisotopic (exact) mass is 1010 g/mol. The summed E-state index contributed by atoms with van der Waals surface area (Å²) in [6.07, 6.45) is -1.71. The van der Waals surface area contributed by atoms with Crippen molar-refractivity contribution in [2.45, 2.75) is 59.9 Å². The van der Waals surface area contributed by atoms with Crippen LogP contribution < -0.4 is 0 Å². The summed E-state index contributed by atoms with van der Waals surface area (Å²) in [6.45, 7) is 4.59. The van der Waals surface area contributed by atoms with Gasteiger partial charge < -0.3 is 9.47 Å². The van der Waals surface area contributed by atoms with Gasteiger partial charge in [-0.25, -0.2) is 0 Å². The third-order valence-corrected chi connectivity index (χ3v) is 20.7. The lowest BCUT2D eigenvalue weighted by molar-refractivity contribution is -0.126. The molecule has 0 radical (unpaired) electrons. The average Bonchev–Trinajstić information content (AvgIpc) is 1.69. The Morgan fingerprint density at radius 2 is 0.462 bits per heavy atom. The van der Waals surface area contributed by atoms with Crippen LogP contribution in [0.5, 0.6) is 0 Å². The molecule has 4 fully saturated rings. The van der Waals surface area contributed by atoms with E-state index in [2.05, 4.69) is 257 Å². The lowest BCUT2D eigenvalue weighted by atomic mass is 9.51. The molecule has 2 saturated carbocycles. The Labute approximate surface area is 454 Å². The lowest BCUT2D eigenvalue weighted by Gasteiger charge is -2.48. The Balaban J connectivity index is 0.972. The van der Waals surface area contributed by atoms with E-state index in [-0.39, 0.29) is 35.2 Å². The minimum Gasteiger partial charge on any atom is -0.365 e. The number of benzene rings is 9. The first kappa shape index (κ1) is 44.8. The Morgan fingerprint density at radius 1 is 0.269 bits per heavy atom. The van der Waals surface area contributed by atoms with Crippen LogP contribution in [0.1, 0.15) is 102 Å². The highest BCUT2D eigenvalue weighted by Gasteiger charge is 2.86. The Morgan fingerprint density at radius 3 is 0.679 bits per heavy atom. The normalized spacial score (nSPS) is 31.8. The van der Waals surface area contributed by atoms with E-state index in [0.717, 1.165) is 66.8 Å². The van der Waals surface area contributed by atoms with Crippen molar-refractivity contribution in [3.05, 3.63) is 321 Å². The molecule has 0 spiro atoms. The van der Waals surface area contributed by atoms with Gasteiger partial charge >= 0.3 is 0 Å². The first-order valence-electron chi connectivity index (χ1n) is 27.9. The van der Waals surface area contributed by atoms with Gasteiger partial charge in [0.25, 0.3) is 0 Å². The third-order valence-electron chi connectivity index (χ3n) is 20.7. The number of carbonyl (C=O) groups excluding carboxylic acids is 2. The summed E-state index contributed by atoms with van der Waals surface area (Å²) in [5, 5.41) is 0. The van der Waals surface area contributed by atoms with E-state index in [1.54, 1.807) is 0 Å². The second-order valence-corrected chi connectivity index (χ2v) is 23.3. The Bertz CT molecular complexity index is 3800. The fraction of sp³-hybridized carbons (Fsp3) is 0.189. The van der Waals surface area contributed by atoms with Crippen molar-refractivity contribution in [3.63, 3.8) is 0 Å². The van der Waals surface area contributed by atoms with Gasteiger partial charge in [0.05, 0.1) is 46.1 Å². The fourth-order valence-corrected chi connectivity index (χ4v) is 18.5. The van der Waals surface area contributed by atoms with Gasteiger partial charge in [-0.1, -0.05) is 243 Å². The van der Waals surface area contributed by atoms with Crippen LogP contribution >= 0.6 is 0 Å². The van der Waals surface area contributed by atoms with Gasteiger partial charge in [0.2, 0.25) is 0 Å². The minimum absolute atomic E-state index is 0.229. The predicted molar refractivity (Wildman–Crippen MR) is 305 cm³/mol. The van der Waals surface area contributed by atoms with Crippen molar-refractivity contribution in [1.82, 2.24) is 0 Å². The first-order chi connectivity index (χ1) is 38.4. The van der Waals surface area contributed by atoms with Crippen LogP contribution in [0.25, 0.3) is 22.3 Å². The molecule has 9 aromatic carbocycles. The number of fused-ring (bicyclic) bond motifs is 25. The molecular weight excluding hydrogens is 953 g/mol. The molecular formula is C74H54O4. The summed E-state index contributed by atoms with van der Waals surface area (Å²) in [5.41, 5.74) is 15.4. The quantitative estimate of drug-likeness (QED) is 0.152. The molecule has 4 aliphatic heterocycles. The number of rotatable bonds is 8. The van der Waals surface area contributed by atoms with E-state index < -0.39 is 46.1 Å². The van der Waals surface area contributed by atoms with Crippen LogP contribution in [-0.2, 0) is 40.7 Å². The standard InChI is InChI=1S/C74H54O4/c1-43-44(2)54-56(68-64-62(66(54)78-68)72(50-37-21-8-22-38-50)58(46-29-13-4-14-30-46)60(48-33-17-6-18-34-48)74(64,70(72)76)52-41-25-10-26-42-52)55-53(43)65-61-63(67(55)77-65)73(51-39-23-9-24-40-51)59(47-31-15-5-16-32-47)57(45-27-11-3-12-28-45)71(61,69(73)75)49-35-19-7-20-36-49/h3-42,61-68H,1-2H3/t61?,62?,63?,64?,65-,66-,67+,68+,71+,72+,73-,74-/m0/s1. The molecule has 9 aromatic rings. The van der Waals surface area contributed by atoms with Gasteiger partial charge in [-0.2, -0.15) is 0 Å². The number of allylic oxidation sites excluding steroid dienone is 4. The fourth-order valence-electron chi connectivity index (χ4n) is 18.5. The summed E-state index contributed by atoms with van der Waals surface area (Å²) in [5.74, 6) is -0.575. The van der Waals surface area contributed by atoms with Crippen LogP contribution in [0, 0.1) is 37.5 Å². The maximum atomic E-state index is 17.4. The molecule has 374 valence electrons. The van der Waals surface area contributed by atoms with E-state index in [9.17, 15) is 0 Å². The van der Waals surface area contributed by atoms with E-state index in [0.29, 0.717) is 0 Å². The number of Topliss-reactive ketones (excluding diaryl/α,β-unsaturated/α-hetero) is 2. The molecule has 17 rings (SSSR count). The van der Waals surface area contributed by atoms with Gasteiger partial charge in [0.15, 0.2) is 11.6 Å². The van der Waals surface area contributed by atoms with E-state index in [4.69, 9.17) is 9.47 Å². The zero-order valence-corrected chi connectivity index (χ0v) is 43.3. The van der Waals surface area contributed by atoms with E-state index in [1.165, 1.54) is 33.4 Å². The van der Waals surface area contributed by atoms with Gasteiger partial charge in [-0.15, -0.1) is 0 Å². The van der Waals surface area contributed by atoms with Crippen molar-refractivity contribution in [1.29, 1.82) is 0 Å². The number of hydrogen-bond donors (Lipinski definition) is 0. The molecule has 4 unspecified atom stereocenters.